The molecule has 4 heteroatoms. The van der Waals surface area contributed by atoms with Crippen LogP contribution in [0.4, 0.5) is 5.69 Å². The molecule has 0 amide bonds. The monoisotopic (exact) mass is 314 g/mol. The number of halogens is 2. The van der Waals surface area contributed by atoms with E-state index in [4.69, 9.17) is 23.2 Å². The number of hydrogen-bond acceptors (Lipinski definition) is 2. The molecule has 0 atom stereocenters. The number of allylic oxidation sites excluding steroid dienone is 2. The SMILES string of the molecule is CC1=C(C#N)c2cc(Cl)c(Cl)cc2-c2ccccc2N1C. The fourth-order valence-electron chi connectivity index (χ4n) is 2.65. The minimum absolute atomic E-state index is 0.456. The van der Waals surface area contributed by atoms with Crippen LogP contribution in [-0.4, -0.2) is 7.05 Å². The zero-order valence-electron chi connectivity index (χ0n) is 11.6. The maximum Gasteiger partial charge on any atom is 0.102 e. The van der Waals surface area contributed by atoms with Crippen molar-refractivity contribution in [3.63, 3.8) is 0 Å². The second-order valence-corrected chi connectivity index (χ2v) is 5.77. The molecular weight excluding hydrogens is 303 g/mol. The van der Waals surface area contributed by atoms with Crippen molar-refractivity contribution in [3.8, 4) is 17.2 Å². The highest BCUT2D eigenvalue weighted by atomic mass is 35.5. The Morgan fingerprint density at radius 2 is 1.62 bits per heavy atom. The molecule has 1 heterocycles. The van der Waals surface area contributed by atoms with E-state index in [0.29, 0.717) is 15.6 Å². The number of hydrogen-bond donors (Lipinski definition) is 0. The quantitative estimate of drug-likeness (QED) is 0.654. The van der Waals surface area contributed by atoms with Crippen molar-refractivity contribution in [2.45, 2.75) is 6.92 Å². The van der Waals surface area contributed by atoms with Gasteiger partial charge in [0.05, 0.1) is 15.6 Å². The molecule has 2 nitrogen and oxygen atoms in total. The predicted octanol–water partition coefficient (Wildman–Crippen LogP) is 5.36. The van der Waals surface area contributed by atoms with Crippen LogP contribution in [-0.2, 0) is 0 Å². The van der Waals surface area contributed by atoms with E-state index in [1.807, 2.05) is 49.2 Å². The largest absolute Gasteiger partial charge is 0.347 e. The smallest absolute Gasteiger partial charge is 0.102 e. The molecular formula is C17H12Cl2N2. The lowest BCUT2D eigenvalue weighted by atomic mass is 9.95. The molecule has 2 aromatic carbocycles. The van der Waals surface area contributed by atoms with Crippen LogP contribution < -0.4 is 4.90 Å². The summed E-state index contributed by atoms with van der Waals surface area (Å²) >= 11 is 12.3. The Balaban J connectivity index is 2.48. The molecule has 0 bridgehead atoms. The molecule has 0 aromatic heterocycles. The van der Waals surface area contributed by atoms with Gasteiger partial charge in [0.15, 0.2) is 0 Å². The molecule has 1 aliphatic rings. The van der Waals surface area contributed by atoms with Crippen LogP contribution >= 0.6 is 23.2 Å². The van der Waals surface area contributed by atoms with Gasteiger partial charge in [-0.25, -0.2) is 0 Å². The third-order valence-electron chi connectivity index (χ3n) is 3.86. The topological polar surface area (TPSA) is 27.0 Å². The molecule has 0 saturated carbocycles. The van der Waals surface area contributed by atoms with Crippen molar-refractivity contribution in [1.29, 1.82) is 5.26 Å². The molecule has 0 spiro atoms. The Morgan fingerprint density at radius 1 is 1.00 bits per heavy atom. The standard InChI is InChI=1S/C17H12Cl2N2/c1-10-14(9-20)13-8-16(19)15(18)7-12(13)11-5-3-4-6-17(11)21(10)2/h3-8H,1-2H3. The van der Waals surface area contributed by atoms with Gasteiger partial charge in [-0.05, 0) is 30.7 Å². The van der Waals surface area contributed by atoms with Crippen molar-refractivity contribution in [2.24, 2.45) is 0 Å². The summed E-state index contributed by atoms with van der Waals surface area (Å²) in [6, 6.07) is 13.9. The Bertz CT molecular complexity index is 816. The van der Waals surface area contributed by atoms with Gasteiger partial charge in [0.1, 0.15) is 6.07 Å². The normalized spacial score (nSPS) is 13.4. The number of para-hydroxylation sites is 1. The van der Waals surface area contributed by atoms with E-state index in [1.165, 1.54) is 0 Å². The van der Waals surface area contributed by atoms with E-state index in [0.717, 1.165) is 28.1 Å². The molecule has 0 unspecified atom stereocenters. The number of nitrogens with zero attached hydrogens (tertiary/aromatic N) is 2. The first-order valence-corrected chi connectivity index (χ1v) is 7.23. The zero-order chi connectivity index (χ0) is 15.1. The summed E-state index contributed by atoms with van der Waals surface area (Å²) in [6.45, 7) is 1.94. The van der Waals surface area contributed by atoms with E-state index in [1.54, 1.807) is 6.07 Å². The van der Waals surface area contributed by atoms with Gasteiger partial charge >= 0.3 is 0 Å². The number of benzene rings is 2. The summed E-state index contributed by atoms with van der Waals surface area (Å²) in [5.74, 6) is 0. The molecule has 3 rings (SSSR count). The van der Waals surface area contributed by atoms with E-state index < -0.39 is 0 Å². The van der Waals surface area contributed by atoms with Crippen molar-refractivity contribution in [1.82, 2.24) is 0 Å². The average Bonchev–Trinajstić information content (AvgIpc) is 2.57. The summed E-state index contributed by atoms with van der Waals surface area (Å²) in [4.78, 5) is 2.02. The summed E-state index contributed by atoms with van der Waals surface area (Å²) in [5, 5.41) is 10.5. The Labute approximate surface area is 133 Å². The molecule has 0 aliphatic carbocycles. The second kappa shape index (κ2) is 5.11. The highest BCUT2D eigenvalue weighted by molar-refractivity contribution is 6.42. The van der Waals surface area contributed by atoms with Crippen LogP contribution in [0.25, 0.3) is 16.7 Å². The minimum Gasteiger partial charge on any atom is -0.347 e. The van der Waals surface area contributed by atoms with Gasteiger partial charge in [0.2, 0.25) is 0 Å². The van der Waals surface area contributed by atoms with Gasteiger partial charge < -0.3 is 4.90 Å². The van der Waals surface area contributed by atoms with Gasteiger partial charge in [-0.3, -0.25) is 0 Å². The lowest BCUT2D eigenvalue weighted by Gasteiger charge is -2.21. The molecule has 2 aromatic rings. The summed E-state index contributed by atoms with van der Waals surface area (Å²) < 4.78 is 0. The van der Waals surface area contributed by atoms with Gasteiger partial charge in [0, 0.05) is 29.6 Å². The van der Waals surface area contributed by atoms with Gasteiger partial charge in [-0.15, -0.1) is 0 Å². The van der Waals surface area contributed by atoms with Crippen LogP contribution in [0.15, 0.2) is 42.1 Å². The second-order valence-electron chi connectivity index (χ2n) is 4.96. The van der Waals surface area contributed by atoms with Crippen molar-refractivity contribution >= 4 is 34.5 Å². The van der Waals surface area contributed by atoms with Gasteiger partial charge in [-0.2, -0.15) is 5.26 Å². The Kier molecular flexibility index (Phi) is 3.41. The van der Waals surface area contributed by atoms with E-state index >= 15 is 0 Å². The zero-order valence-corrected chi connectivity index (χ0v) is 13.1. The molecule has 0 N–H and O–H groups in total. The predicted molar refractivity (Wildman–Crippen MR) is 88.5 cm³/mol. The van der Waals surface area contributed by atoms with E-state index in [9.17, 15) is 5.26 Å². The summed E-state index contributed by atoms with van der Waals surface area (Å²) in [6.07, 6.45) is 0. The van der Waals surface area contributed by atoms with E-state index in [2.05, 4.69) is 6.07 Å². The fourth-order valence-corrected chi connectivity index (χ4v) is 2.98. The number of nitriles is 1. The minimum atomic E-state index is 0.456. The molecule has 21 heavy (non-hydrogen) atoms. The van der Waals surface area contributed by atoms with Crippen LogP contribution in [0.1, 0.15) is 12.5 Å². The molecule has 0 fully saturated rings. The van der Waals surface area contributed by atoms with Gasteiger partial charge in [-0.1, -0.05) is 41.4 Å². The lowest BCUT2D eigenvalue weighted by molar-refractivity contribution is 1.10. The highest BCUT2D eigenvalue weighted by Gasteiger charge is 2.23. The first-order chi connectivity index (χ1) is 10.0. The first kappa shape index (κ1) is 14.0. The van der Waals surface area contributed by atoms with Crippen molar-refractivity contribution in [3.05, 3.63) is 57.7 Å². The molecule has 0 saturated heterocycles. The third-order valence-corrected chi connectivity index (χ3v) is 4.58. The first-order valence-electron chi connectivity index (χ1n) is 6.48. The Hall–Kier alpha value is -1.95. The van der Waals surface area contributed by atoms with Crippen LogP contribution in [0.2, 0.25) is 10.0 Å². The molecule has 1 aliphatic heterocycles. The number of rotatable bonds is 0. The number of fused-ring (bicyclic) bond motifs is 3. The van der Waals surface area contributed by atoms with E-state index in [-0.39, 0.29) is 0 Å². The lowest BCUT2D eigenvalue weighted by Crippen LogP contribution is -2.15. The summed E-state index contributed by atoms with van der Waals surface area (Å²) in [7, 11) is 1.96. The van der Waals surface area contributed by atoms with Gasteiger partial charge in [0.25, 0.3) is 0 Å². The summed E-state index contributed by atoms with van der Waals surface area (Å²) in [5.41, 5.74) is 5.34. The fraction of sp³-hybridized carbons (Fsp3) is 0.118. The maximum absolute atomic E-state index is 9.58. The van der Waals surface area contributed by atoms with Crippen LogP contribution in [0.3, 0.4) is 0 Å². The number of anilines is 1. The average molecular weight is 315 g/mol. The Morgan fingerprint density at radius 3 is 2.29 bits per heavy atom. The van der Waals surface area contributed by atoms with Crippen LogP contribution in [0.5, 0.6) is 0 Å². The third kappa shape index (κ3) is 2.10. The maximum atomic E-state index is 9.58. The van der Waals surface area contributed by atoms with Crippen molar-refractivity contribution < 1.29 is 0 Å². The molecule has 0 radical (unpaired) electrons. The van der Waals surface area contributed by atoms with Crippen LogP contribution in [0, 0.1) is 11.3 Å². The molecule has 104 valence electrons. The van der Waals surface area contributed by atoms with Crippen molar-refractivity contribution in [2.75, 3.05) is 11.9 Å². The highest BCUT2D eigenvalue weighted by Crippen LogP contribution is 2.43.